The summed E-state index contributed by atoms with van der Waals surface area (Å²) in [5, 5.41) is 3.98. The van der Waals surface area contributed by atoms with Crippen molar-refractivity contribution in [3.63, 3.8) is 0 Å². The lowest BCUT2D eigenvalue weighted by atomic mass is 10.2. The molecule has 0 radical (unpaired) electrons. The summed E-state index contributed by atoms with van der Waals surface area (Å²) < 4.78 is 0. The van der Waals surface area contributed by atoms with Crippen LogP contribution in [0.3, 0.4) is 0 Å². The minimum atomic E-state index is 0.273. The summed E-state index contributed by atoms with van der Waals surface area (Å²) >= 11 is 0. The first kappa shape index (κ1) is 10.9. The number of nitrogens with two attached hydrogens (primary N) is 2. The van der Waals surface area contributed by atoms with E-state index in [4.69, 9.17) is 11.5 Å². The van der Waals surface area contributed by atoms with E-state index in [-0.39, 0.29) is 5.95 Å². The van der Waals surface area contributed by atoms with Crippen LogP contribution < -0.4 is 16.9 Å². The first-order valence-corrected chi connectivity index (χ1v) is 4.98. The van der Waals surface area contributed by atoms with E-state index in [9.17, 15) is 0 Å². The summed E-state index contributed by atoms with van der Waals surface area (Å²) in [5.41, 5.74) is 14.7. The van der Waals surface area contributed by atoms with Crippen LogP contribution in [0.5, 0.6) is 0 Å². The molecule has 6 heteroatoms. The summed E-state index contributed by atoms with van der Waals surface area (Å²) in [5.74, 6) is 0.875. The molecule has 17 heavy (non-hydrogen) atoms. The molecule has 5 N–H and O–H groups in total. The summed E-state index contributed by atoms with van der Waals surface area (Å²) in [6, 6.07) is 11.1. The number of hydrogen-bond donors (Lipinski definition) is 3. The van der Waals surface area contributed by atoms with Crippen LogP contribution in [0.1, 0.15) is 5.56 Å². The van der Waals surface area contributed by atoms with E-state index >= 15 is 0 Å². The standard InChI is InChI=1S/C11H12N6/c12-9-6-10(13)16-11(15-9)17-14-7-8-4-2-1-3-5-8/h1-7H,(H5,12,13,15,16,17). The monoisotopic (exact) mass is 228 g/mol. The fourth-order valence-electron chi connectivity index (χ4n) is 1.24. The highest BCUT2D eigenvalue weighted by atomic mass is 15.4. The third kappa shape index (κ3) is 3.16. The Morgan fingerprint density at radius 1 is 1.06 bits per heavy atom. The van der Waals surface area contributed by atoms with E-state index in [0.717, 1.165) is 5.56 Å². The van der Waals surface area contributed by atoms with Crippen LogP contribution in [0.4, 0.5) is 17.6 Å². The molecule has 1 aromatic heterocycles. The molecule has 1 aromatic carbocycles. The Balaban J connectivity index is 2.05. The molecule has 0 amide bonds. The summed E-state index contributed by atoms with van der Waals surface area (Å²) in [6.45, 7) is 0. The molecule has 0 atom stereocenters. The number of nitrogen functional groups attached to an aromatic ring is 2. The van der Waals surface area contributed by atoms with Crippen LogP contribution in [0.15, 0.2) is 41.5 Å². The van der Waals surface area contributed by atoms with Gasteiger partial charge in [-0.15, -0.1) is 0 Å². The molecule has 0 fully saturated rings. The molecule has 0 aliphatic heterocycles. The number of benzene rings is 1. The van der Waals surface area contributed by atoms with Gasteiger partial charge in [-0.3, -0.25) is 0 Å². The van der Waals surface area contributed by atoms with Crippen molar-refractivity contribution in [3.8, 4) is 0 Å². The fraction of sp³-hybridized carbons (Fsp3) is 0. The van der Waals surface area contributed by atoms with E-state index in [1.165, 1.54) is 6.07 Å². The number of aromatic nitrogens is 2. The molecule has 0 bridgehead atoms. The summed E-state index contributed by atoms with van der Waals surface area (Å²) in [7, 11) is 0. The minimum absolute atomic E-state index is 0.273. The zero-order chi connectivity index (χ0) is 12.1. The van der Waals surface area contributed by atoms with Crippen molar-refractivity contribution < 1.29 is 0 Å². The predicted octanol–water partition coefficient (Wildman–Crippen LogP) is 1.09. The van der Waals surface area contributed by atoms with Gasteiger partial charge >= 0.3 is 0 Å². The van der Waals surface area contributed by atoms with Gasteiger partial charge in [0.15, 0.2) is 0 Å². The molecule has 86 valence electrons. The van der Waals surface area contributed by atoms with Crippen LogP contribution in [-0.2, 0) is 0 Å². The van der Waals surface area contributed by atoms with Gasteiger partial charge < -0.3 is 11.5 Å². The Morgan fingerprint density at radius 3 is 2.35 bits per heavy atom. The van der Waals surface area contributed by atoms with Gasteiger partial charge in [0.05, 0.1) is 6.21 Å². The Labute approximate surface area is 98.4 Å². The molecule has 0 aliphatic rings. The average molecular weight is 228 g/mol. The molecule has 1 heterocycles. The van der Waals surface area contributed by atoms with Crippen LogP contribution in [0.2, 0.25) is 0 Å². The van der Waals surface area contributed by atoms with Gasteiger partial charge in [-0.1, -0.05) is 30.3 Å². The highest BCUT2D eigenvalue weighted by Crippen LogP contribution is 2.07. The van der Waals surface area contributed by atoms with Gasteiger partial charge in [-0.05, 0) is 5.56 Å². The SMILES string of the molecule is Nc1cc(N)nc(NN=Cc2ccccc2)n1. The number of anilines is 3. The second kappa shape index (κ2) is 4.93. The Morgan fingerprint density at radius 2 is 1.71 bits per heavy atom. The van der Waals surface area contributed by atoms with Gasteiger partial charge in [0.2, 0.25) is 5.95 Å². The highest BCUT2D eigenvalue weighted by Gasteiger charge is 1.97. The molecule has 2 aromatic rings. The number of hydrazone groups is 1. The zero-order valence-corrected chi connectivity index (χ0v) is 9.04. The molecule has 0 aliphatic carbocycles. The smallest absolute Gasteiger partial charge is 0.247 e. The van der Waals surface area contributed by atoms with Crippen molar-refractivity contribution in [2.45, 2.75) is 0 Å². The second-order valence-corrected chi connectivity index (χ2v) is 3.32. The van der Waals surface area contributed by atoms with Gasteiger partial charge in [-0.2, -0.15) is 15.1 Å². The number of nitrogens with zero attached hydrogens (tertiary/aromatic N) is 3. The van der Waals surface area contributed by atoms with Crippen LogP contribution in [-0.4, -0.2) is 16.2 Å². The molecule has 0 saturated heterocycles. The first-order valence-electron chi connectivity index (χ1n) is 4.98. The van der Waals surface area contributed by atoms with Crippen molar-refractivity contribution in [2.24, 2.45) is 5.10 Å². The molecular formula is C11H12N6. The maximum atomic E-state index is 5.52. The Hall–Kier alpha value is -2.63. The van der Waals surface area contributed by atoms with Crippen molar-refractivity contribution in [2.75, 3.05) is 16.9 Å². The second-order valence-electron chi connectivity index (χ2n) is 3.32. The van der Waals surface area contributed by atoms with E-state index < -0.39 is 0 Å². The summed E-state index contributed by atoms with van der Waals surface area (Å²) in [4.78, 5) is 7.85. The van der Waals surface area contributed by atoms with Gasteiger partial charge in [-0.25, -0.2) is 5.43 Å². The number of rotatable bonds is 3. The number of nitrogens with one attached hydrogen (secondary N) is 1. The van der Waals surface area contributed by atoms with Crippen LogP contribution in [0, 0.1) is 0 Å². The van der Waals surface area contributed by atoms with E-state index in [0.29, 0.717) is 11.6 Å². The molecule has 0 spiro atoms. The van der Waals surface area contributed by atoms with Gasteiger partial charge in [0, 0.05) is 6.07 Å². The third-order valence-corrected chi connectivity index (χ3v) is 1.94. The van der Waals surface area contributed by atoms with Crippen LogP contribution in [0.25, 0.3) is 0 Å². The number of hydrogen-bond acceptors (Lipinski definition) is 6. The van der Waals surface area contributed by atoms with Crippen LogP contribution >= 0.6 is 0 Å². The zero-order valence-electron chi connectivity index (χ0n) is 9.04. The normalized spacial score (nSPS) is 10.6. The highest BCUT2D eigenvalue weighted by molar-refractivity contribution is 5.79. The quantitative estimate of drug-likeness (QED) is 0.539. The molecule has 6 nitrogen and oxygen atoms in total. The molecule has 2 rings (SSSR count). The van der Waals surface area contributed by atoms with Gasteiger partial charge in [0.25, 0.3) is 0 Å². The topological polar surface area (TPSA) is 102 Å². The van der Waals surface area contributed by atoms with Gasteiger partial charge in [0.1, 0.15) is 11.6 Å². The first-order chi connectivity index (χ1) is 8.24. The summed E-state index contributed by atoms with van der Waals surface area (Å²) in [6.07, 6.45) is 1.66. The third-order valence-electron chi connectivity index (χ3n) is 1.94. The van der Waals surface area contributed by atoms with Crippen molar-refractivity contribution >= 4 is 23.8 Å². The largest absolute Gasteiger partial charge is 0.383 e. The average Bonchev–Trinajstić information content (AvgIpc) is 2.29. The lowest BCUT2D eigenvalue weighted by molar-refractivity contribution is 1.13. The maximum Gasteiger partial charge on any atom is 0.247 e. The maximum absolute atomic E-state index is 5.52. The van der Waals surface area contributed by atoms with E-state index in [1.807, 2.05) is 30.3 Å². The van der Waals surface area contributed by atoms with E-state index in [2.05, 4.69) is 20.5 Å². The predicted molar refractivity (Wildman–Crippen MR) is 68.5 cm³/mol. The van der Waals surface area contributed by atoms with E-state index in [1.54, 1.807) is 6.21 Å². The fourth-order valence-corrected chi connectivity index (χ4v) is 1.24. The molecular weight excluding hydrogens is 216 g/mol. The minimum Gasteiger partial charge on any atom is -0.383 e. The lowest BCUT2D eigenvalue weighted by Gasteiger charge is -2.00. The molecule has 0 saturated carbocycles. The Kier molecular flexibility index (Phi) is 3.15. The van der Waals surface area contributed by atoms with Crippen molar-refractivity contribution in [1.29, 1.82) is 0 Å². The Bertz CT molecular complexity index is 502. The molecule has 0 unspecified atom stereocenters. The lowest BCUT2D eigenvalue weighted by Crippen LogP contribution is -2.03. The van der Waals surface area contributed by atoms with Crippen molar-refractivity contribution in [1.82, 2.24) is 9.97 Å². The van der Waals surface area contributed by atoms with Crippen molar-refractivity contribution in [3.05, 3.63) is 42.0 Å².